The monoisotopic (exact) mass is 323 g/mol. The van der Waals surface area contributed by atoms with Gasteiger partial charge < -0.3 is 14.4 Å². The topological polar surface area (TPSA) is 38.8 Å². The highest BCUT2D eigenvalue weighted by molar-refractivity contribution is 5.79. The van der Waals surface area contributed by atoms with Gasteiger partial charge in [-0.05, 0) is 49.9 Å². The third kappa shape index (κ3) is 4.08. The quantitative estimate of drug-likeness (QED) is 0.781. The molecule has 1 aliphatic carbocycles. The molecule has 0 N–H and O–H groups in total. The average Bonchev–Trinajstić information content (AvgIpc) is 3.08. The van der Waals surface area contributed by atoms with Crippen LogP contribution in [0, 0.1) is 23.2 Å². The Bertz CT molecular complexity index is 395. The number of nitrogens with zero attached hydrogens (tertiary/aromatic N) is 1. The Morgan fingerprint density at radius 3 is 2.00 bits per heavy atom. The largest absolute Gasteiger partial charge is 0.350 e. The van der Waals surface area contributed by atoms with Crippen LogP contribution in [0.3, 0.4) is 0 Å². The Kier molecular flexibility index (Phi) is 5.32. The van der Waals surface area contributed by atoms with E-state index in [1.54, 1.807) is 0 Å². The summed E-state index contributed by atoms with van der Waals surface area (Å²) >= 11 is 0. The number of carbonyl (C=O) groups excluding carboxylic acids is 1. The third-order valence-electron chi connectivity index (χ3n) is 6.18. The molecular weight excluding hydrogens is 290 g/mol. The molecule has 132 valence electrons. The van der Waals surface area contributed by atoms with Crippen molar-refractivity contribution in [2.75, 3.05) is 26.3 Å². The predicted octanol–water partition coefficient (Wildman–Crippen LogP) is 3.45. The number of hydrogen-bond donors (Lipinski definition) is 0. The van der Waals surface area contributed by atoms with Crippen molar-refractivity contribution in [2.24, 2.45) is 23.2 Å². The second-order valence-electron chi connectivity index (χ2n) is 8.69. The third-order valence-corrected chi connectivity index (χ3v) is 6.18. The molecule has 0 aromatic rings. The normalized spacial score (nSPS) is 31.5. The Morgan fingerprint density at radius 1 is 0.913 bits per heavy atom. The minimum absolute atomic E-state index is 0.0190. The molecule has 0 atom stereocenters. The van der Waals surface area contributed by atoms with Crippen LogP contribution >= 0.6 is 0 Å². The summed E-state index contributed by atoms with van der Waals surface area (Å²) in [6.07, 6.45) is 6.60. The van der Waals surface area contributed by atoms with E-state index in [-0.39, 0.29) is 12.2 Å². The molecule has 0 aromatic carbocycles. The predicted molar refractivity (Wildman–Crippen MR) is 89.9 cm³/mol. The molecule has 0 radical (unpaired) electrons. The summed E-state index contributed by atoms with van der Waals surface area (Å²) in [7, 11) is 0. The first kappa shape index (κ1) is 17.2. The first-order chi connectivity index (χ1) is 10.9. The summed E-state index contributed by atoms with van der Waals surface area (Å²) in [6, 6.07) is 0. The molecule has 23 heavy (non-hydrogen) atoms. The summed E-state index contributed by atoms with van der Waals surface area (Å²) < 4.78 is 11.2. The summed E-state index contributed by atoms with van der Waals surface area (Å²) in [5.41, 5.74) is 0.383. The van der Waals surface area contributed by atoms with Gasteiger partial charge in [0.15, 0.2) is 6.29 Å². The van der Waals surface area contributed by atoms with Crippen molar-refractivity contribution < 1.29 is 14.3 Å². The fraction of sp³-hybridized carbons (Fsp3) is 0.947. The lowest BCUT2D eigenvalue weighted by molar-refractivity contribution is -0.142. The van der Waals surface area contributed by atoms with E-state index in [1.807, 2.05) is 0 Å². The summed E-state index contributed by atoms with van der Waals surface area (Å²) in [5.74, 6) is 1.92. The van der Waals surface area contributed by atoms with E-state index in [4.69, 9.17) is 9.47 Å². The van der Waals surface area contributed by atoms with Gasteiger partial charge in [0, 0.05) is 24.9 Å². The molecule has 3 rings (SSSR count). The molecule has 2 saturated heterocycles. The lowest BCUT2D eigenvalue weighted by Crippen LogP contribution is -2.45. The number of amides is 1. The van der Waals surface area contributed by atoms with Crippen LogP contribution in [0.1, 0.15) is 59.3 Å². The van der Waals surface area contributed by atoms with E-state index >= 15 is 0 Å². The van der Waals surface area contributed by atoms with Crippen LogP contribution in [-0.2, 0) is 14.3 Å². The first-order valence-electron chi connectivity index (χ1n) is 9.47. The lowest BCUT2D eigenvalue weighted by Gasteiger charge is -2.39. The van der Waals surface area contributed by atoms with Crippen LogP contribution < -0.4 is 0 Å². The Balaban J connectivity index is 1.45. The zero-order chi connectivity index (χ0) is 16.4. The van der Waals surface area contributed by atoms with E-state index in [0.29, 0.717) is 17.2 Å². The van der Waals surface area contributed by atoms with Gasteiger partial charge in [0.25, 0.3) is 0 Å². The molecule has 0 bridgehead atoms. The summed E-state index contributed by atoms with van der Waals surface area (Å²) in [4.78, 5) is 14.9. The highest BCUT2D eigenvalue weighted by Gasteiger charge is 2.36. The van der Waals surface area contributed by atoms with Crippen LogP contribution in [-0.4, -0.2) is 43.4 Å². The van der Waals surface area contributed by atoms with Gasteiger partial charge in [-0.25, -0.2) is 0 Å². The summed E-state index contributed by atoms with van der Waals surface area (Å²) in [6.45, 7) is 10.2. The molecule has 3 fully saturated rings. The maximum absolute atomic E-state index is 12.8. The molecular formula is C19H33NO3. The number of carbonyl (C=O) groups is 1. The Morgan fingerprint density at radius 2 is 1.48 bits per heavy atom. The van der Waals surface area contributed by atoms with E-state index < -0.39 is 0 Å². The van der Waals surface area contributed by atoms with E-state index in [2.05, 4.69) is 25.7 Å². The van der Waals surface area contributed by atoms with Crippen LogP contribution in [0.15, 0.2) is 0 Å². The zero-order valence-electron chi connectivity index (χ0n) is 15.1. The van der Waals surface area contributed by atoms with Crippen molar-refractivity contribution in [3.8, 4) is 0 Å². The summed E-state index contributed by atoms with van der Waals surface area (Å²) in [5, 5.41) is 0. The molecule has 1 amide bonds. The maximum Gasteiger partial charge on any atom is 0.225 e. The standard InChI is InChI=1S/C19H33NO3/c1-19(2,3)16-6-4-14(5-7-16)17(21)20-10-8-15(9-11-20)18-22-12-13-23-18/h14-16,18H,4-13H2,1-3H3. The van der Waals surface area contributed by atoms with Crippen molar-refractivity contribution >= 4 is 5.91 Å². The number of hydrogen-bond acceptors (Lipinski definition) is 3. The molecule has 2 aliphatic heterocycles. The molecule has 2 heterocycles. The van der Waals surface area contributed by atoms with Gasteiger partial charge in [-0.15, -0.1) is 0 Å². The van der Waals surface area contributed by atoms with Crippen LogP contribution in [0.4, 0.5) is 0 Å². The minimum atomic E-state index is -0.0190. The van der Waals surface area contributed by atoms with Crippen molar-refractivity contribution in [2.45, 2.75) is 65.6 Å². The minimum Gasteiger partial charge on any atom is -0.350 e. The zero-order valence-corrected chi connectivity index (χ0v) is 15.1. The highest BCUT2D eigenvalue weighted by atomic mass is 16.7. The molecule has 0 aromatic heterocycles. The Labute approximate surface area is 140 Å². The maximum atomic E-state index is 12.8. The van der Waals surface area contributed by atoms with Gasteiger partial charge in [0.05, 0.1) is 13.2 Å². The fourth-order valence-corrected chi connectivity index (χ4v) is 4.51. The smallest absolute Gasteiger partial charge is 0.225 e. The van der Waals surface area contributed by atoms with E-state index in [9.17, 15) is 4.79 Å². The van der Waals surface area contributed by atoms with Crippen molar-refractivity contribution in [1.82, 2.24) is 4.90 Å². The van der Waals surface area contributed by atoms with Crippen molar-refractivity contribution in [3.05, 3.63) is 0 Å². The first-order valence-corrected chi connectivity index (χ1v) is 9.47. The fourth-order valence-electron chi connectivity index (χ4n) is 4.51. The van der Waals surface area contributed by atoms with Gasteiger partial charge in [-0.2, -0.15) is 0 Å². The van der Waals surface area contributed by atoms with E-state index in [0.717, 1.165) is 57.9 Å². The molecule has 0 unspecified atom stereocenters. The van der Waals surface area contributed by atoms with Crippen LogP contribution in [0.2, 0.25) is 0 Å². The van der Waals surface area contributed by atoms with Gasteiger partial charge in [0.2, 0.25) is 5.91 Å². The second kappa shape index (κ2) is 7.10. The number of rotatable bonds is 2. The lowest BCUT2D eigenvalue weighted by atomic mass is 9.69. The Hall–Kier alpha value is -0.610. The van der Waals surface area contributed by atoms with Crippen LogP contribution in [0.25, 0.3) is 0 Å². The number of ether oxygens (including phenoxy) is 2. The van der Waals surface area contributed by atoms with Gasteiger partial charge >= 0.3 is 0 Å². The molecule has 0 spiro atoms. The number of piperidine rings is 1. The molecule has 1 saturated carbocycles. The van der Waals surface area contributed by atoms with Crippen molar-refractivity contribution in [3.63, 3.8) is 0 Å². The SMILES string of the molecule is CC(C)(C)C1CCC(C(=O)N2CCC(C3OCCO3)CC2)CC1. The van der Waals surface area contributed by atoms with Gasteiger partial charge in [-0.1, -0.05) is 20.8 Å². The molecule has 3 aliphatic rings. The van der Waals surface area contributed by atoms with Gasteiger partial charge in [-0.3, -0.25) is 4.79 Å². The number of likely N-dealkylation sites (tertiary alicyclic amines) is 1. The molecule has 4 nitrogen and oxygen atoms in total. The van der Waals surface area contributed by atoms with E-state index in [1.165, 1.54) is 12.8 Å². The van der Waals surface area contributed by atoms with Gasteiger partial charge in [0.1, 0.15) is 0 Å². The average molecular weight is 323 g/mol. The molecule has 4 heteroatoms. The van der Waals surface area contributed by atoms with Crippen LogP contribution in [0.5, 0.6) is 0 Å². The highest BCUT2D eigenvalue weighted by Crippen LogP contribution is 2.40. The second-order valence-corrected chi connectivity index (χ2v) is 8.69. The van der Waals surface area contributed by atoms with Crippen molar-refractivity contribution in [1.29, 1.82) is 0 Å².